The monoisotopic (exact) mass is 227 g/mol. The Labute approximate surface area is 101 Å². The quantitative estimate of drug-likeness (QED) is 0.703. The first-order chi connectivity index (χ1) is 7.58. The first-order valence-corrected chi connectivity index (χ1v) is 6.96. The molecule has 1 rings (SSSR count). The molecule has 1 aliphatic carbocycles. The number of rotatable bonds is 6. The fourth-order valence-corrected chi connectivity index (χ4v) is 2.91. The van der Waals surface area contributed by atoms with Crippen molar-refractivity contribution < 1.29 is 4.74 Å². The van der Waals surface area contributed by atoms with Gasteiger partial charge in [-0.15, -0.1) is 0 Å². The molecule has 0 amide bonds. The molecule has 2 unspecified atom stereocenters. The summed E-state index contributed by atoms with van der Waals surface area (Å²) in [6.45, 7) is 11.0. The Kier molecular flexibility index (Phi) is 5.77. The zero-order chi connectivity index (χ0) is 12.0. The molecule has 0 aromatic rings. The van der Waals surface area contributed by atoms with Crippen LogP contribution in [0.25, 0.3) is 0 Å². The van der Waals surface area contributed by atoms with Gasteiger partial charge in [0, 0.05) is 6.54 Å². The summed E-state index contributed by atoms with van der Waals surface area (Å²) in [4.78, 5) is 0. The molecule has 0 bridgehead atoms. The van der Waals surface area contributed by atoms with Gasteiger partial charge in [-0.05, 0) is 45.6 Å². The zero-order valence-corrected chi connectivity index (χ0v) is 11.5. The summed E-state index contributed by atoms with van der Waals surface area (Å²) in [7, 11) is 0. The fourth-order valence-electron chi connectivity index (χ4n) is 2.91. The number of hydrogen-bond donors (Lipinski definition) is 1. The Hall–Kier alpha value is -0.0800. The standard InChI is InChI=1S/C14H29NO/c1-5-9-15-11-14(16-12(2)3)8-6-7-13(4)10-14/h12-13,15H,5-11H2,1-4H3. The van der Waals surface area contributed by atoms with Crippen LogP contribution in [0.15, 0.2) is 0 Å². The molecule has 2 atom stereocenters. The summed E-state index contributed by atoms with van der Waals surface area (Å²) in [5.41, 5.74) is 0.112. The van der Waals surface area contributed by atoms with Crippen molar-refractivity contribution in [3.05, 3.63) is 0 Å². The van der Waals surface area contributed by atoms with Gasteiger partial charge in [0.15, 0.2) is 0 Å². The third-order valence-corrected chi connectivity index (χ3v) is 3.41. The van der Waals surface area contributed by atoms with Crippen molar-refractivity contribution in [2.45, 2.75) is 71.5 Å². The van der Waals surface area contributed by atoms with Gasteiger partial charge in [-0.2, -0.15) is 0 Å². The number of ether oxygens (including phenoxy) is 1. The minimum absolute atomic E-state index is 0.112. The lowest BCUT2D eigenvalue weighted by Gasteiger charge is -2.41. The molecule has 0 spiro atoms. The molecule has 1 fully saturated rings. The summed E-state index contributed by atoms with van der Waals surface area (Å²) in [6.07, 6.45) is 6.69. The van der Waals surface area contributed by atoms with Crippen LogP contribution in [0.4, 0.5) is 0 Å². The van der Waals surface area contributed by atoms with Crippen LogP contribution in [-0.4, -0.2) is 24.8 Å². The normalized spacial score (nSPS) is 30.9. The SMILES string of the molecule is CCCNCC1(OC(C)C)CCCC(C)C1. The lowest BCUT2D eigenvalue weighted by molar-refractivity contribution is -0.108. The van der Waals surface area contributed by atoms with Gasteiger partial charge < -0.3 is 10.1 Å². The Morgan fingerprint density at radius 3 is 2.75 bits per heavy atom. The minimum atomic E-state index is 0.112. The van der Waals surface area contributed by atoms with E-state index >= 15 is 0 Å². The van der Waals surface area contributed by atoms with Crippen LogP contribution in [-0.2, 0) is 4.74 Å². The van der Waals surface area contributed by atoms with Crippen LogP contribution in [0.3, 0.4) is 0 Å². The molecule has 2 heteroatoms. The lowest BCUT2D eigenvalue weighted by Crippen LogP contribution is -2.48. The predicted molar refractivity (Wildman–Crippen MR) is 69.7 cm³/mol. The molecule has 0 aromatic heterocycles. The molecular formula is C14H29NO. The Morgan fingerprint density at radius 2 is 2.19 bits per heavy atom. The highest BCUT2D eigenvalue weighted by Gasteiger charge is 2.36. The van der Waals surface area contributed by atoms with Gasteiger partial charge in [-0.3, -0.25) is 0 Å². The highest BCUT2D eigenvalue weighted by molar-refractivity contribution is 4.89. The number of hydrogen-bond acceptors (Lipinski definition) is 2. The summed E-state index contributed by atoms with van der Waals surface area (Å²) >= 11 is 0. The summed E-state index contributed by atoms with van der Waals surface area (Å²) in [5.74, 6) is 0.816. The third kappa shape index (κ3) is 4.42. The molecular weight excluding hydrogens is 198 g/mol. The average Bonchev–Trinajstić information content (AvgIpc) is 2.16. The maximum Gasteiger partial charge on any atom is 0.0812 e. The summed E-state index contributed by atoms with van der Waals surface area (Å²) in [5, 5.41) is 3.55. The van der Waals surface area contributed by atoms with E-state index < -0.39 is 0 Å². The van der Waals surface area contributed by atoms with E-state index in [9.17, 15) is 0 Å². The second-order valence-electron chi connectivity index (χ2n) is 5.73. The van der Waals surface area contributed by atoms with E-state index in [4.69, 9.17) is 4.74 Å². The van der Waals surface area contributed by atoms with E-state index in [1.165, 1.54) is 32.1 Å². The van der Waals surface area contributed by atoms with E-state index in [1.807, 2.05) is 0 Å². The van der Waals surface area contributed by atoms with Crippen LogP contribution in [0, 0.1) is 5.92 Å². The van der Waals surface area contributed by atoms with Gasteiger partial charge in [0.05, 0.1) is 11.7 Å². The van der Waals surface area contributed by atoms with Gasteiger partial charge in [-0.25, -0.2) is 0 Å². The molecule has 1 saturated carbocycles. The molecule has 16 heavy (non-hydrogen) atoms. The first kappa shape index (κ1) is 14.0. The molecule has 0 radical (unpaired) electrons. The minimum Gasteiger partial charge on any atom is -0.371 e. The Balaban J connectivity index is 2.52. The first-order valence-electron chi connectivity index (χ1n) is 6.96. The molecule has 96 valence electrons. The molecule has 0 aliphatic heterocycles. The topological polar surface area (TPSA) is 21.3 Å². The predicted octanol–water partition coefficient (Wildman–Crippen LogP) is 3.36. The van der Waals surface area contributed by atoms with Gasteiger partial charge in [0.2, 0.25) is 0 Å². The highest BCUT2D eigenvalue weighted by Crippen LogP contribution is 2.35. The van der Waals surface area contributed by atoms with E-state index in [0.29, 0.717) is 6.10 Å². The highest BCUT2D eigenvalue weighted by atomic mass is 16.5. The van der Waals surface area contributed by atoms with Gasteiger partial charge in [0.1, 0.15) is 0 Å². The summed E-state index contributed by atoms with van der Waals surface area (Å²) in [6, 6.07) is 0. The van der Waals surface area contributed by atoms with Crippen LogP contribution in [0.2, 0.25) is 0 Å². The smallest absolute Gasteiger partial charge is 0.0812 e. The van der Waals surface area contributed by atoms with E-state index in [2.05, 4.69) is 33.0 Å². The van der Waals surface area contributed by atoms with Crippen molar-refractivity contribution in [2.75, 3.05) is 13.1 Å². The van der Waals surface area contributed by atoms with Gasteiger partial charge in [-0.1, -0.05) is 26.7 Å². The second kappa shape index (κ2) is 6.61. The van der Waals surface area contributed by atoms with E-state index in [0.717, 1.165) is 19.0 Å². The van der Waals surface area contributed by atoms with Crippen LogP contribution < -0.4 is 5.32 Å². The summed E-state index contributed by atoms with van der Waals surface area (Å²) < 4.78 is 6.23. The van der Waals surface area contributed by atoms with Crippen molar-refractivity contribution in [3.63, 3.8) is 0 Å². The van der Waals surface area contributed by atoms with Crippen molar-refractivity contribution in [3.8, 4) is 0 Å². The largest absolute Gasteiger partial charge is 0.371 e. The lowest BCUT2D eigenvalue weighted by atomic mass is 9.78. The Morgan fingerprint density at radius 1 is 1.44 bits per heavy atom. The number of nitrogens with one attached hydrogen (secondary N) is 1. The second-order valence-corrected chi connectivity index (χ2v) is 5.73. The van der Waals surface area contributed by atoms with E-state index in [-0.39, 0.29) is 5.60 Å². The maximum atomic E-state index is 6.23. The zero-order valence-electron chi connectivity index (χ0n) is 11.5. The van der Waals surface area contributed by atoms with Crippen LogP contribution in [0.5, 0.6) is 0 Å². The van der Waals surface area contributed by atoms with Crippen molar-refractivity contribution in [2.24, 2.45) is 5.92 Å². The average molecular weight is 227 g/mol. The van der Waals surface area contributed by atoms with Crippen molar-refractivity contribution >= 4 is 0 Å². The molecule has 2 nitrogen and oxygen atoms in total. The molecule has 0 aromatic carbocycles. The van der Waals surface area contributed by atoms with Gasteiger partial charge >= 0.3 is 0 Å². The van der Waals surface area contributed by atoms with Gasteiger partial charge in [0.25, 0.3) is 0 Å². The Bertz CT molecular complexity index is 189. The molecule has 0 heterocycles. The van der Waals surface area contributed by atoms with E-state index in [1.54, 1.807) is 0 Å². The fraction of sp³-hybridized carbons (Fsp3) is 1.00. The molecule has 1 aliphatic rings. The maximum absolute atomic E-state index is 6.23. The third-order valence-electron chi connectivity index (χ3n) is 3.41. The van der Waals surface area contributed by atoms with Crippen LogP contribution >= 0.6 is 0 Å². The van der Waals surface area contributed by atoms with Crippen LogP contribution in [0.1, 0.15) is 59.8 Å². The molecule has 1 N–H and O–H groups in total. The molecule has 0 saturated heterocycles. The van der Waals surface area contributed by atoms with Crippen molar-refractivity contribution in [1.82, 2.24) is 5.32 Å². The van der Waals surface area contributed by atoms with Crippen molar-refractivity contribution in [1.29, 1.82) is 0 Å².